The zero-order valence-corrected chi connectivity index (χ0v) is 13.5. The lowest BCUT2D eigenvalue weighted by Crippen LogP contribution is -2.05. The van der Waals surface area contributed by atoms with Gasteiger partial charge in [0.15, 0.2) is 0 Å². The number of benzene rings is 2. The molecule has 0 aliphatic heterocycles. The molecule has 0 aliphatic carbocycles. The normalized spacial score (nSPS) is 11.0. The zero-order valence-electron chi connectivity index (χ0n) is 12.0. The molecule has 0 saturated heterocycles. The number of hydrogen-bond donors (Lipinski definition) is 1. The van der Waals surface area contributed by atoms with Gasteiger partial charge in [0.25, 0.3) is 0 Å². The number of nitrogens with zero attached hydrogens (tertiary/aromatic N) is 1. The van der Waals surface area contributed by atoms with E-state index >= 15 is 0 Å². The van der Waals surface area contributed by atoms with Crippen LogP contribution in [0.3, 0.4) is 0 Å². The third kappa shape index (κ3) is 2.61. The summed E-state index contributed by atoms with van der Waals surface area (Å²) < 4.78 is 2.23. The monoisotopic (exact) mass is 318 g/mol. The van der Waals surface area contributed by atoms with Crippen molar-refractivity contribution in [2.75, 3.05) is 5.32 Å². The Morgan fingerprint density at radius 1 is 1.05 bits per heavy atom. The Hall–Kier alpha value is -1.64. The van der Waals surface area contributed by atoms with Crippen molar-refractivity contribution in [2.45, 2.75) is 13.5 Å². The van der Waals surface area contributed by atoms with Crippen molar-refractivity contribution >= 4 is 39.8 Å². The number of hydrogen-bond acceptors (Lipinski definition) is 1. The number of nitrogens with one attached hydrogen (secondary N) is 1. The number of para-hydroxylation sites is 1. The van der Waals surface area contributed by atoms with Crippen LogP contribution in [0.25, 0.3) is 10.9 Å². The van der Waals surface area contributed by atoms with E-state index in [0.29, 0.717) is 10.0 Å². The summed E-state index contributed by atoms with van der Waals surface area (Å²) in [6.07, 6.45) is 0. The average molecular weight is 319 g/mol. The van der Waals surface area contributed by atoms with Gasteiger partial charge in [-0.3, -0.25) is 0 Å². The quantitative estimate of drug-likeness (QED) is 0.683. The highest BCUT2D eigenvalue weighted by molar-refractivity contribution is 6.42. The molecule has 0 fully saturated rings. The van der Waals surface area contributed by atoms with E-state index < -0.39 is 0 Å². The Balaban J connectivity index is 1.90. The predicted octanol–water partition coefficient (Wildman–Crippen LogP) is 5.41. The molecule has 0 atom stereocenters. The van der Waals surface area contributed by atoms with Gasteiger partial charge in [-0.2, -0.15) is 0 Å². The molecule has 4 heteroatoms. The SMILES string of the molecule is Cc1c(CNc2ccc(Cl)c(Cl)c2)n(C)c2ccccc12. The number of aromatic nitrogens is 1. The van der Waals surface area contributed by atoms with Gasteiger partial charge in [0, 0.05) is 29.3 Å². The second-order valence-electron chi connectivity index (χ2n) is 5.13. The van der Waals surface area contributed by atoms with E-state index in [1.165, 1.54) is 22.2 Å². The molecular weight excluding hydrogens is 303 g/mol. The van der Waals surface area contributed by atoms with Crippen LogP contribution in [0.15, 0.2) is 42.5 Å². The Kier molecular flexibility index (Phi) is 3.83. The van der Waals surface area contributed by atoms with Crippen molar-refractivity contribution < 1.29 is 0 Å². The minimum Gasteiger partial charge on any atom is -0.379 e. The smallest absolute Gasteiger partial charge is 0.0612 e. The zero-order chi connectivity index (χ0) is 15.0. The summed E-state index contributed by atoms with van der Waals surface area (Å²) in [5, 5.41) is 5.84. The minimum atomic E-state index is 0.565. The van der Waals surface area contributed by atoms with Crippen LogP contribution in [-0.4, -0.2) is 4.57 Å². The van der Waals surface area contributed by atoms with Gasteiger partial charge in [0.2, 0.25) is 0 Å². The topological polar surface area (TPSA) is 17.0 Å². The van der Waals surface area contributed by atoms with Gasteiger partial charge in [-0.1, -0.05) is 41.4 Å². The summed E-state index contributed by atoms with van der Waals surface area (Å²) in [7, 11) is 2.10. The van der Waals surface area contributed by atoms with Crippen LogP contribution in [-0.2, 0) is 13.6 Å². The summed E-state index contributed by atoms with van der Waals surface area (Å²) >= 11 is 12.0. The van der Waals surface area contributed by atoms with Crippen LogP contribution < -0.4 is 5.32 Å². The standard InChI is InChI=1S/C17H16Cl2N2/c1-11-13-5-3-4-6-16(13)21(2)17(11)10-20-12-7-8-14(18)15(19)9-12/h3-9,20H,10H2,1-2H3. The summed E-state index contributed by atoms with van der Waals surface area (Å²) in [6.45, 7) is 2.91. The number of anilines is 1. The highest BCUT2D eigenvalue weighted by Crippen LogP contribution is 2.27. The lowest BCUT2D eigenvalue weighted by atomic mass is 10.1. The van der Waals surface area contributed by atoms with Crippen LogP contribution in [0.5, 0.6) is 0 Å². The fraction of sp³-hybridized carbons (Fsp3) is 0.176. The highest BCUT2D eigenvalue weighted by atomic mass is 35.5. The molecule has 1 heterocycles. The molecule has 1 N–H and O–H groups in total. The fourth-order valence-electron chi connectivity index (χ4n) is 2.68. The summed E-state index contributed by atoms with van der Waals surface area (Å²) in [6, 6.07) is 14.0. The van der Waals surface area contributed by atoms with Crippen LogP contribution >= 0.6 is 23.2 Å². The molecule has 0 unspecified atom stereocenters. The van der Waals surface area contributed by atoms with E-state index in [1.807, 2.05) is 12.1 Å². The molecule has 0 saturated carbocycles. The molecule has 0 radical (unpaired) electrons. The van der Waals surface area contributed by atoms with Crippen LogP contribution in [0, 0.1) is 6.92 Å². The van der Waals surface area contributed by atoms with Gasteiger partial charge >= 0.3 is 0 Å². The summed E-state index contributed by atoms with van der Waals surface area (Å²) in [5.41, 5.74) is 4.79. The lowest BCUT2D eigenvalue weighted by molar-refractivity contribution is 0.862. The van der Waals surface area contributed by atoms with Crippen molar-refractivity contribution in [3.05, 3.63) is 63.8 Å². The molecule has 0 amide bonds. The second-order valence-corrected chi connectivity index (χ2v) is 5.94. The van der Waals surface area contributed by atoms with Crippen molar-refractivity contribution in [3.8, 4) is 0 Å². The van der Waals surface area contributed by atoms with Gasteiger partial charge in [-0.05, 0) is 36.8 Å². The van der Waals surface area contributed by atoms with E-state index in [4.69, 9.17) is 23.2 Å². The molecule has 0 bridgehead atoms. The van der Waals surface area contributed by atoms with E-state index in [0.717, 1.165) is 12.2 Å². The van der Waals surface area contributed by atoms with Gasteiger partial charge in [-0.15, -0.1) is 0 Å². The highest BCUT2D eigenvalue weighted by Gasteiger charge is 2.10. The average Bonchev–Trinajstić information content (AvgIpc) is 2.73. The fourth-order valence-corrected chi connectivity index (χ4v) is 2.98. The van der Waals surface area contributed by atoms with Gasteiger partial charge < -0.3 is 9.88 Å². The Morgan fingerprint density at radius 3 is 2.52 bits per heavy atom. The summed E-state index contributed by atoms with van der Waals surface area (Å²) in [4.78, 5) is 0. The second kappa shape index (κ2) is 5.63. The van der Waals surface area contributed by atoms with Crippen molar-refractivity contribution in [3.63, 3.8) is 0 Å². The molecule has 3 rings (SSSR count). The number of rotatable bonds is 3. The Bertz CT molecular complexity index is 767. The Morgan fingerprint density at radius 2 is 1.81 bits per heavy atom. The predicted molar refractivity (Wildman–Crippen MR) is 91.4 cm³/mol. The molecule has 2 nitrogen and oxygen atoms in total. The molecular formula is C17H16Cl2N2. The van der Waals surface area contributed by atoms with Crippen LogP contribution in [0.2, 0.25) is 10.0 Å². The van der Waals surface area contributed by atoms with Crippen molar-refractivity contribution in [1.82, 2.24) is 4.57 Å². The first kappa shape index (κ1) is 14.3. The van der Waals surface area contributed by atoms with E-state index in [-0.39, 0.29) is 0 Å². The van der Waals surface area contributed by atoms with E-state index in [2.05, 4.69) is 48.1 Å². The van der Waals surface area contributed by atoms with Crippen LogP contribution in [0.1, 0.15) is 11.3 Å². The van der Waals surface area contributed by atoms with Gasteiger partial charge in [0.1, 0.15) is 0 Å². The van der Waals surface area contributed by atoms with Crippen molar-refractivity contribution in [1.29, 1.82) is 0 Å². The first-order valence-electron chi connectivity index (χ1n) is 6.79. The third-order valence-electron chi connectivity index (χ3n) is 3.89. The molecule has 0 spiro atoms. The maximum atomic E-state index is 6.05. The third-order valence-corrected chi connectivity index (χ3v) is 4.63. The number of fused-ring (bicyclic) bond motifs is 1. The molecule has 21 heavy (non-hydrogen) atoms. The molecule has 0 aliphatic rings. The Labute approximate surface area is 134 Å². The maximum Gasteiger partial charge on any atom is 0.0612 e. The number of aryl methyl sites for hydroxylation is 2. The van der Waals surface area contributed by atoms with Gasteiger partial charge in [-0.25, -0.2) is 0 Å². The summed E-state index contributed by atoms with van der Waals surface area (Å²) in [5.74, 6) is 0. The van der Waals surface area contributed by atoms with Crippen molar-refractivity contribution in [2.24, 2.45) is 7.05 Å². The van der Waals surface area contributed by atoms with E-state index in [9.17, 15) is 0 Å². The molecule has 2 aromatic carbocycles. The lowest BCUT2D eigenvalue weighted by Gasteiger charge is -2.10. The van der Waals surface area contributed by atoms with E-state index in [1.54, 1.807) is 6.07 Å². The first-order chi connectivity index (χ1) is 10.1. The molecule has 1 aromatic heterocycles. The molecule has 108 valence electrons. The maximum absolute atomic E-state index is 6.05. The minimum absolute atomic E-state index is 0.565. The van der Waals surface area contributed by atoms with Crippen LogP contribution in [0.4, 0.5) is 5.69 Å². The first-order valence-corrected chi connectivity index (χ1v) is 7.55. The largest absolute Gasteiger partial charge is 0.379 e. The number of halogens is 2. The van der Waals surface area contributed by atoms with Gasteiger partial charge in [0.05, 0.1) is 16.6 Å². The molecule has 3 aromatic rings.